The first-order valence-electron chi connectivity index (χ1n) is 9.10. The van der Waals surface area contributed by atoms with Crippen molar-refractivity contribution < 1.29 is 4.79 Å². The van der Waals surface area contributed by atoms with Crippen LogP contribution in [-0.2, 0) is 13.1 Å². The van der Waals surface area contributed by atoms with Gasteiger partial charge in [0.25, 0.3) is 11.5 Å². The summed E-state index contributed by atoms with van der Waals surface area (Å²) < 4.78 is 3.40. The Morgan fingerprint density at radius 2 is 1.96 bits per heavy atom. The van der Waals surface area contributed by atoms with Gasteiger partial charge < -0.3 is 9.88 Å². The van der Waals surface area contributed by atoms with Gasteiger partial charge in [-0.15, -0.1) is 0 Å². The summed E-state index contributed by atoms with van der Waals surface area (Å²) in [6, 6.07) is 10.8. The predicted octanol–water partition coefficient (Wildman–Crippen LogP) is 1.80. The van der Waals surface area contributed by atoms with Gasteiger partial charge in [0.2, 0.25) is 0 Å². The molecule has 0 radical (unpaired) electrons. The van der Waals surface area contributed by atoms with E-state index in [0.717, 1.165) is 24.1 Å². The second-order valence-electron chi connectivity index (χ2n) is 6.78. The highest BCUT2D eigenvalue weighted by Crippen LogP contribution is 2.38. The van der Waals surface area contributed by atoms with E-state index >= 15 is 0 Å². The van der Waals surface area contributed by atoms with Crippen molar-refractivity contribution in [3.8, 4) is 0 Å². The van der Waals surface area contributed by atoms with Gasteiger partial charge in [0.1, 0.15) is 0 Å². The maximum Gasteiger partial charge on any atom is 0.266 e. The van der Waals surface area contributed by atoms with Gasteiger partial charge in [-0.2, -0.15) is 5.10 Å². The van der Waals surface area contributed by atoms with Crippen LogP contribution in [0.25, 0.3) is 0 Å². The Labute approximate surface area is 156 Å². The summed E-state index contributed by atoms with van der Waals surface area (Å²) in [5.74, 6) is 0.336. The first kappa shape index (κ1) is 17.2. The van der Waals surface area contributed by atoms with Crippen LogP contribution in [0.4, 0.5) is 0 Å². The number of nitrogens with zero attached hydrogens (tertiary/aromatic N) is 4. The molecule has 0 saturated heterocycles. The number of nitrogens with one attached hydrogen (secondary N) is 1. The molecule has 0 aliphatic heterocycles. The van der Waals surface area contributed by atoms with Crippen LogP contribution in [0, 0.1) is 0 Å². The second kappa shape index (κ2) is 7.57. The zero-order chi connectivity index (χ0) is 18.6. The molecule has 1 saturated carbocycles. The summed E-state index contributed by atoms with van der Waals surface area (Å²) in [6.45, 7) is 1.44. The molecule has 2 heterocycles. The van der Waals surface area contributed by atoms with Crippen molar-refractivity contribution in [2.24, 2.45) is 0 Å². The van der Waals surface area contributed by atoms with Gasteiger partial charge in [-0.25, -0.2) is 9.67 Å². The number of aromatic nitrogens is 4. The van der Waals surface area contributed by atoms with E-state index in [1.54, 1.807) is 36.8 Å². The van der Waals surface area contributed by atoms with Crippen LogP contribution in [0.2, 0.25) is 0 Å². The predicted molar refractivity (Wildman–Crippen MR) is 101 cm³/mol. The molecule has 138 valence electrons. The van der Waals surface area contributed by atoms with Crippen LogP contribution in [0.1, 0.15) is 40.4 Å². The largest absolute Gasteiger partial charge is 0.350 e. The number of rotatable bonds is 7. The fraction of sp³-hybridized carbons (Fsp3) is 0.300. The van der Waals surface area contributed by atoms with E-state index in [2.05, 4.69) is 15.4 Å². The number of benzene rings is 1. The quantitative estimate of drug-likeness (QED) is 0.694. The van der Waals surface area contributed by atoms with Gasteiger partial charge >= 0.3 is 0 Å². The fourth-order valence-electron chi connectivity index (χ4n) is 2.95. The number of carbonyl (C=O) groups is 1. The Hall–Kier alpha value is -3.22. The molecule has 0 unspecified atom stereocenters. The van der Waals surface area contributed by atoms with Crippen molar-refractivity contribution in [1.82, 2.24) is 24.6 Å². The molecule has 4 rings (SSSR count). The van der Waals surface area contributed by atoms with Crippen LogP contribution in [0.5, 0.6) is 0 Å². The lowest BCUT2D eigenvalue weighted by molar-refractivity contribution is 0.0951. The highest BCUT2D eigenvalue weighted by atomic mass is 16.1. The van der Waals surface area contributed by atoms with Crippen LogP contribution in [0.3, 0.4) is 0 Å². The Morgan fingerprint density at radius 3 is 2.67 bits per heavy atom. The molecule has 1 aliphatic carbocycles. The minimum absolute atomic E-state index is 0.141. The van der Waals surface area contributed by atoms with Gasteiger partial charge in [0.15, 0.2) is 0 Å². The molecule has 7 heteroatoms. The maximum absolute atomic E-state index is 12.3. The number of hydrogen-bond acceptors (Lipinski definition) is 4. The molecule has 27 heavy (non-hydrogen) atoms. The molecule has 2 aromatic heterocycles. The van der Waals surface area contributed by atoms with E-state index in [1.165, 1.54) is 4.68 Å². The van der Waals surface area contributed by atoms with Crippen LogP contribution in [-0.4, -0.2) is 31.8 Å². The van der Waals surface area contributed by atoms with Crippen molar-refractivity contribution in [3.05, 3.63) is 82.3 Å². The summed E-state index contributed by atoms with van der Waals surface area (Å²) in [7, 11) is 0. The Balaban J connectivity index is 1.31. The van der Waals surface area contributed by atoms with Crippen molar-refractivity contribution in [2.75, 3.05) is 6.54 Å². The maximum atomic E-state index is 12.3. The number of imidazole rings is 1. The van der Waals surface area contributed by atoms with E-state index in [9.17, 15) is 9.59 Å². The monoisotopic (exact) mass is 363 g/mol. The minimum atomic E-state index is -0.157. The molecule has 1 aromatic carbocycles. The average molecular weight is 363 g/mol. The highest BCUT2D eigenvalue weighted by molar-refractivity contribution is 5.94. The molecule has 1 fully saturated rings. The minimum Gasteiger partial charge on any atom is -0.350 e. The number of carbonyl (C=O) groups excluding carboxylic acids is 1. The van der Waals surface area contributed by atoms with E-state index in [0.29, 0.717) is 31.1 Å². The smallest absolute Gasteiger partial charge is 0.266 e. The van der Waals surface area contributed by atoms with E-state index in [4.69, 9.17) is 0 Å². The van der Waals surface area contributed by atoms with Gasteiger partial charge in [0.05, 0.1) is 18.6 Å². The number of hydrogen-bond donors (Lipinski definition) is 1. The highest BCUT2D eigenvalue weighted by Gasteiger charge is 2.25. The Bertz CT molecular complexity index is 972. The standard InChI is InChI=1S/C20H21N5O2/c26-19-8-7-18(16-5-6-16)23-25(19)12-10-22-20(27)17-3-1-15(2-4-17)13-24-11-9-21-14-24/h1-4,7-9,11,14,16H,5-6,10,12-13H2,(H,22,27). The summed E-state index contributed by atoms with van der Waals surface area (Å²) in [6.07, 6.45) is 7.67. The van der Waals surface area contributed by atoms with Crippen LogP contribution >= 0.6 is 0 Å². The zero-order valence-electron chi connectivity index (χ0n) is 14.9. The normalized spacial score (nSPS) is 13.5. The Morgan fingerprint density at radius 1 is 1.15 bits per heavy atom. The molecule has 0 bridgehead atoms. The lowest BCUT2D eigenvalue weighted by atomic mass is 10.1. The van der Waals surface area contributed by atoms with Crippen molar-refractivity contribution >= 4 is 5.91 Å². The molecular formula is C20H21N5O2. The molecule has 0 spiro atoms. The number of amides is 1. The van der Waals surface area contributed by atoms with Crippen molar-refractivity contribution in [2.45, 2.75) is 31.8 Å². The molecule has 1 N–H and O–H groups in total. The summed E-state index contributed by atoms with van der Waals surface area (Å²) in [5.41, 5.74) is 2.51. The van der Waals surface area contributed by atoms with Crippen molar-refractivity contribution in [1.29, 1.82) is 0 Å². The summed E-state index contributed by atoms with van der Waals surface area (Å²) in [4.78, 5) is 28.2. The summed E-state index contributed by atoms with van der Waals surface area (Å²) in [5, 5.41) is 7.25. The molecule has 3 aromatic rings. The van der Waals surface area contributed by atoms with Crippen LogP contribution in [0.15, 0.2) is 59.9 Å². The first-order valence-corrected chi connectivity index (χ1v) is 9.10. The summed E-state index contributed by atoms with van der Waals surface area (Å²) >= 11 is 0. The van der Waals surface area contributed by atoms with Crippen LogP contribution < -0.4 is 10.9 Å². The average Bonchev–Trinajstić information content (AvgIpc) is 3.41. The first-order chi connectivity index (χ1) is 13.2. The van der Waals surface area contributed by atoms with E-state index in [1.807, 2.05) is 22.9 Å². The van der Waals surface area contributed by atoms with Crippen molar-refractivity contribution in [3.63, 3.8) is 0 Å². The molecule has 1 amide bonds. The van der Waals surface area contributed by atoms with Gasteiger partial charge in [-0.3, -0.25) is 9.59 Å². The third-order valence-electron chi connectivity index (χ3n) is 4.63. The van der Waals surface area contributed by atoms with E-state index in [-0.39, 0.29) is 11.5 Å². The molecule has 7 nitrogen and oxygen atoms in total. The fourth-order valence-corrected chi connectivity index (χ4v) is 2.95. The SMILES string of the molecule is O=C(NCCn1nc(C2CC2)ccc1=O)c1ccc(Cn2ccnc2)cc1. The lowest BCUT2D eigenvalue weighted by Crippen LogP contribution is -2.32. The third kappa shape index (κ3) is 4.31. The Kier molecular flexibility index (Phi) is 4.82. The molecular weight excluding hydrogens is 342 g/mol. The van der Waals surface area contributed by atoms with Gasteiger partial charge in [-0.05, 0) is 36.6 Å². The molecule has 0 atom stereocenters. The van der Waals surface area contributed by atoms with Gasteiger partial charge in [-0.1, -0.05) is 12.1 Å². The van der Waals surface area contributed by atoms with Gasteiger partial charge in [0, 0.05) is 43.0 Å². The lowest BCUT2D eigenvalue weighted by Gasteiger charge is -2.09. The topological polar surface area (TPSA) is 81.8 Å². The third-order valence-corrected chi connectivity index (χ3v) is 4.63. The van der Waals surface area contributed by atoms with E-state index < -0.39 is 0 Å². The zero-order valence-corrected chi connectivity index (χ0v) is 14.9. The molecule has 1 aliphatic rings. The second-order valence-corrected chi connectivity index (χ2v) is 6.78.